The number of fused-ring (bicyclic) bond motifs is 1. The van der Waals surface area contributed by atoms with E-state index in [0.717, 1.165) is 24.6 Å². The van der Waals surface area contributed by atoms with Crippen molar-refractivity contribution >= 4 is 0 Å². The van der Waals surface area contributed by atoms with Gasteiger partial charge in [0, 0.05) is 25.5 Å². The molecule has 0 bridgehead atoms. The minimum atomic E-state index is 0.0525. The van der Waals surface area contributed by atoms with Gasteiger partial charge in [0.15, 0.2) is 11.5 Å². The fourth-order valence-corrected chi connectivity index (χ4v) is 2.04. The molecule has 1 aromatic carbocycles. The van der Waals surface area contributed by atoms with Gasteiger partial charge < -0.3 is 14.8 Å². The van der Waals surface area contributed by atoms with E-state index in [2.05, 4.69) is 10.3 Å². The SMILES string of the molecule is c1ccc2c(c1)OCC(CNCc1ccncc1)O2. The monoisotopic (exact) mass is 256 g/mol. The molecule has 1 aliphatic rings. The van der Waals surface area contributed by atoms with Gasteiger partial charge >= 0.3 is 0 Å². The van der Waals surface area contributed by atoms with Gasteiger partial charge in [-0.3, -0.25) is 4.98 Å². The van der Waals surface area contributed by atoms with Crippen LogP contribution in [-0.2, 0) is 6.54 Å². The second-order valence-corrected chi connectivity index (χ2v) is 4.48. The quantitative estimate of drug-likeness (QED) is 0.908. The second-order valence-electron chi connectivity index (χ2n) is 4.48. The predicted molar refractivity (Wildman–Crippen MR) is 72.3 cm³/mol. The van der Waals surface area contributed by atoms with Gasteiger partial charge in [0.25, 0.3) is 0 Å². The smallest absolute Gasteiger partial charge is 0.161 e. The Labute approximate surface area is 112 Å². The van der Waals surface area contributed by atoms with Gasteiger partial charge in [-0.05, 0) is 29.8 Å². The van der Waals surface area contributed by atoms with E-state index in [-0.39, 0.29) is 6.10 Å². The van der Waals surface area contributed by atoms with E-state index >= 15 is 0 Å². The highest BCUT2D eigenvalue weighted by Crippen LogP contribution is 2.30. The molecule has 0 saturated heterocycles. The highest BCUT2D eigenvalue weighted by Gasteiger charge is 2.19. The van der Waals surface area contributed by atoms with Crippen molar-refractivity contribution in [2.45, 2.75) is 12.6 Å². The first kappa shape index (κ1) is 12.0. The summed E-state index contributed by atoms with van der Waals surface area (Å²) < 4.78 is 11.5. The average molecular weight is 256 g/mol. The highest BCUT2D eigenvalue weighted by molar-refractivity contribution is 5.40. The maximum Gasteiger partial charge on any atom is 0.161 e. The Balaban J connectivity index is 1.50. The lowest BCUT2D eigenvalue weighted by atomic mass is 10.2. The van der Waals surface area contributed by atoms with Crippen LogP contribution in [0.15, 0.2) is 48.8 Å². The maximum atomic E-state index is 5.87. The van der Waals surface area contributed by atoms with Crippen molar-refractivity contribution in [2.24, 2.45) is 0 Å². The minimum absolute atomic E-state index is 0.0525. The summed E-state index contributed by atoms with van der Waals surface area (Å²) in [6, 6.07) is 11.8. The van der Waals surface area contributed by atoms with Crippen LogP contribution < -0.4 is 14.8 Å². The number of nitrogens with one attached hydrogen (secondary N) is 1. The Hall–Kier alpha value is -2.07. The van der Waals surface area contributed by atoms with Crippen LogP contribution in [0.4, 0.5) is 0 Å². The summed E-state index contributed by atoms with van der Waals surface area (Å²) >= 11 is 0. The molecule has 4 nitrogen and oxygen atoms in total. The number of benzene rings is 1. The van der Waals surface area contributed by atoms with Gasteiger partial charge in [-0.1, -0.05) is 12.1 Å². The Kier molecular flexibility index (Phi) is 3.61. The number of rotatable bonds is 4. The van der Waals surface area contributed by atoms with Crippen LogP contribution in [0.3, 0.4) is 0 Å². The molecule has 1 unspecified atom stereocenters. The Morgan fingerprint density at radius 3 is 2.74 bits per heavy atom. The molecule has 19 heavy (non-hydrogen) atoms. The summed E-state index contributed by atoms with van der Waals surface area (Å²) in [5.74, 6) is 1.65. The average Bonchev–Trinajstić information content (AvgIpc) is 2.48. The van der Waals surface area contributed by atoms with Crippen molar-refractivity contribution in [3.8, 4) is 11.5 Å². The van der Waals surface area contributed by atoms with Gasteiger partial charge in [-0.15, -0.1) is 0 Å². The van der Waals surface area contributed by atoms with Crippen LogP contribution in [0, 0.1) is 0 Å². The van der Waals surface area contributed by atoms with Gasteiger partial charge in [0.05, 0.1) is 0 Å². The van der Waals surface area contributed by atoms with E-state index in [4.69, 9.17) is 9.47 Å². The molecule has 2 heterocycles. The number of ether oxygens (including phenoxy) is 2. The Morgan fingerprint density at radius 2 is 1.89 bits per heavy atom. The number of nitrogens with zero attached hydrogens (tertiary/aromatic N) is 1. The maximum absolute atomic E-state index is 5.87. The summed E-state index contributed by atoms with van der Waals surface area (Å²) in [5.41, 5.74) is 1.21. The molecular formula is C15H16N2O2. The van der Waals surface area contributed by atoms with Crippen molar-refractivity contribution in [1.29, 1.82) is 0 Å². The molecule has 0 saturated carbocycles. The molecule has 1 aliphatic heterocycles. The number of aromatic nitrogens is 1. The molecule has 1 N–H and O–H groups in total. The third-order valence-corrected chi connectivity index (χ3v) is 3.02. The minimum Gasteiger partial charge on any atom is -0.486 e. The molecule has 3 rings (SSSR count). The lowest BCUT2D eigenvalue weighted by Gasteiger charge is -2.26. The first-order chi connectivity index (χ1) is 9.42. The van der Waals surface area contributed by atoms with Gasteiger partial charge in [-0.25, -0.2) is 0 Å². The first-order valence-electron chi connectivity index (χ1n) is 6.40. The fourth-order valence-electron chi connectivity index (χ4n) is 2.04. The van der Waals surface area contributed by atoms with E-state index in [1.807, 2.05) is 36.4 Å². The molecule has 0 radical (unpaired) electrons. The van der Waals surface area contributed by atoms with Crippen LogP contribution >= 0.6 is 0 Å². The molecule has 2 aromatic rings. The molecule has 0 fully saturated rings. The van der Waals surface area contributed by atoms with Crippen LogP contribution in [0.2, 0.25) is 0 Å². The summed E-state index contributed by atoms with van der Waals surface area (Å²) in [6.45, 7) is 2.15. The molecule has 98 valence electrons. The molecule has 1 aromatic heterocycles. The van der Waals surface area contributed by atoms with Crippen LogP contribution in [0.5, 0.6) is 11.5 Å². The normalized spacial score (nSPS) is 17.2. The summed E-state index contributed by atoms with van der Waals surface area (Å²) in [7, 11) is 0. The van der Waals surface area contributed by atoms with E-state index in [1.165, 1.54) is 5.56 Å². The van der Waals surface area contributed by atoms with E-state index in [0.29, 0.717) is 6.61 Å². The first-order valence-corrected chi connectivity index (χ1v) is 6.40. The fraction of sp³-hybridized carbons (Fsp3) is 0.267. The molecule has 0 amide bonds. The predicted octanol–water partition coefficient (Wildman–Crippen LogP) is 2.01. The zero-order valence-electron chi connectivity index (χ0n) is 10.6. The van der Waals surface area contributed by atoms with Crippen LogP contribution in [0.25, 0.3) is 0 Å². The number of hydrogen-bond acceptors (Lipinski definition) is 4. The number of para-hydroxylation sites is 2. The van der Waals surface area contributed by atoms with E-state index < -0.39 is 0 Å². The summed E-state index contributed by atoms with van der Waals surface area (Å²) in [6.07, 6.45) is 3.65. The third-order valence-electron chi connectivity index (χ3n) is 3.02. The van der Waals surface area contributed by atoms with Crippen molar-refractivity contribution in [1.82, 2.24) is 10.3 Å². The third kappa shape index (κ3) is 3.03. The van der Waals surface area contributed by atoms with Crippen molar-refractivity contribution < 1.29 is 9.47 Å². The Morgan fingerprint density at radius 1 is 1.11 bits per heavy atom. The van der Waals surface area contributed by atoms with Crippen molar-refractivity contribution in [3.63, 3.8) is 0 Å². The topological polar surface area (TPSA) is 43.4 Å². The summed E-state index contributed by atoms with van der Waals surface area (Å²) in [5, 5.41) is 3.37. The van der Waals surface area contributed by atoms with Gasteiger partial charge in [-0.2, -0.15) is 0 Å². The Bertz CT molecular complexity index is 531. The van der Waals surface area contributed by atoms with Crippen LogP contribution in [0.1, 0.15) is 5.56 Å². The van der Waals surface area contributed by atoms with Crippen molar-refractivity contribution in [3.05, 3.63) is 54.4 Å². The lowest BCUT2D eigenvalue weighted by molar-refractivity contribution is 0.0902. The molecule has 0 spiro atoms. The number of hydrogen-bond donors (Lipinski definition) is 1. The van der Waals surface area contributed by atoms with Gasteiger partial charge in [0.1, 0.15) is 12.7 Å². The van der Waals surface area contributed by atoms with E-state index in [1.54, 1.807) is 12.4 Å². The zero-order chi connectivity index (χ0) is 12.9. The van der Waals surface area contributed by atoms with Crippen molar-refractivity contribution in [2.75, 3.05) is 13.2 Å². The molecule has 4 heteroatoms. The zero-order valence-corrected chi connectivity index (χ0v) is 10.6. The standard InChI is InChI=1S/C15H16N2O2/c1-2-4-15-14(3-1)18-11-13(19-15)10-17-9-12-5-7-16-8-6-12/h1-8,13,17H,9-11H2. The van der Waals surface area contributed by atoms with E-state index in [9.17, 15) is 0 Å². The largest absolute Gasteiger partial charge is 0.486 e. The molecular weight excluding hydrogens is 240 g/mol. The molecule has 1 atom stereocenters. The van der Waals surface area contributed by atoms with Crippen LogP contribution in [-0.4, -0.2) is 24.2 Å². The highest BCUT2D eigenvalue weighted by atomic mass is 16.6. The number of pyridine rings is 1. The second kappa shape index (κ2) is 5.71. The molecule has 0 aliphatic carbocycles. The summed E-state index contributed by atoms with van der Waals surface area (Å²) in [4.78, 5) is 4.00. The lowest BCUT2D eigenvalue weighted by Crippen LogP contribution is -2.38. The van der Waals surface area contributed by atoms with Gasteiger partial charge in [0.2, 0.25) is 0 Å².